The zero-order chi connectivity index (χ0) is 20.7. The van der Waals surface area contributed by atoms with Gasteiger partial charge in [0.1, 0.15) is 17.2 Å². The van der Waals surface area contributed by atoms with E-state index in [1.165, 1.54) is 18.6 Å². The van der Waals surface area contributed by atoms with Crippen molar-refractivity contribution in [1.29, 1.82) is 0 Å². The second-order valence-electron chi connectivity index (χ2n) is 8.19. The van der Waals surface area contributed by atoms with Crippen LogP contribution in [0.15, 0.2) is 24.4 Å². The Morgan fingerprint density at radius 2 is 1.83 bits per heavy atom. The summed E-state index contributed by atoms with van der Waals surface area (Å²) in [6, 6.07) is 3.86. The molecule has 3 aromatic rings. The molecule has 0 spiro atoms. The van der Waals surface area contributed by atoms with E-state index in [9.17, 15) is 13.9 Å². The molecule has 0 saturated heterocycles. The van der Waals surface area contributed by atoms with Crippen LogP contribution >= 0.6 is 0 Å². The van der Waals surface area contributed by atoms with Crippen LogP contribution in [0.4, 0.5) is 26.4 Å². The molecule has 3 N–H and O–H groups in total. The number of hydrogen-bond acceptors (Lipinski definition) is 6. The lowest BCUT2D eigenvalue weighted by molar-refractivity contribution is 0.112. The minimum absolute atomic E-state index is 0.0656. The lowest BCUT2D eigenvalue weighted by atomic mass is 9.93. The Morgan fingerprint density at radius 1 is 1.03 bits per heavy atom. The number of aliphatic hydroxyl groups is 1. The van der Waals surface area contributed by atoms with Crippen molar-refractivity contribution < 1.29 is 13.9 Å². The standard InChI is InChI=1S/C21H24F2N6O/c22-12-4-9-17(16(23)10-12)26-21-27-18-11-24-20(25-13-2-1-3-13)28-19(18)29(21)14-5-7-15(30)8-6-14/h4,9-11,13-15,30H,1-3,5-8H2,(H,26,27)(H,24,25,28). The van der Waals surface area contributed by atoms with Gasteiger partial charge in [0.2, 0.25) is 11.9 Å². The molecule has 2 fully saturated rings. The van der Waals surface area contributed by atoms with E-state index >= 15 is 0 Å². The van der Waals surface area contributed by atoms with Crippen LogP contribution in [0.3, 0.4) is 0 Å². The van der Waals surface area contributed by atoms with E-state index in [2.05, 4.69) is 20.6 Å². The van der Waals surface area contributed by atoms with E-state index in [1.807, 2.05) is 4.57 Å². The lowest BCUT2D eigenvalue weighted by Gasteiger charge is -2.28. The van der Waals surface area contributed by atoms with Crippen LogP contribution in [0.1, 0.15) is 51.0 Å². The maximum absolute atomic E-state index is 14.3. The minimum atomic E-state index is -0.689. The van der Waals surface area contributed by atoms with Crippen LogP contribution < -0.4 is 10.6 Å². The van der Waals surface area contributed by atoms with Crippen molar-refractivity contribution in [2.24, 2.45) is 0 Å². The summed E-state index contributed by atoms with van der Waals surface area (Å²) in [4.78, 5) is 13.7. The van der Waals surface area contributed by atoms with Gasteiger partial charge in [0, 0.05) is 18.2 Å². The fraction of sp³-hybridized carbons (Fsp3) is 0.476. The number of nitrogens with zero attached hydrogens (tertiary/aromatic N) is 4. The number of aromatic nitrogens is 4. The summed E-state index contributed by atoms with van der Waals surface area (Å²) in [5.41, 5.74) is 1.41. The number of anilines is 3. The Morgan fingerprint density at radius 3 is 2.53 bits per heavy atom. The average Bonchev–Trinajstić information content (AvgIpc) is 3.05. The zero-order valence-electron chi connectivity index (χ0n) is 16.5. The summed E-state index contributed by atoms with van der Waals surface area (Å²) in [5, 5.41) is 16.3. The van der Waals surface area contributed by atoms with Gasteiger partial charge in [-0.05, 0) is 57.1 Å². The van der Waals surface area contributed by atoms with E-state index in [0.717, 1.165) is 31.7 Å². The van der Waals surface area contributed by atoms with Crippen LogP contribution in [-0.4, -0.2) is 36.8 Å². The van der Waals surface area contributed by atoms with Crippen LogP contribution in [0.5, 0.6) is 0 Å². The second kappa shape index (κ2) is 7.79. The van der Waals surface area contributed by atoms with Crippen molar-refractivity contribution in [2.45, 2.75) is 63.1 Å². The van der Waals surface area contributed by atoms with E-state index in [4.69, 9.17) is 4.98 Å². The van der Waals surface area contributed by atoms with Crippen molar-refractivity contribution >= 4 is 28.7 Å². The van der Waals surface area contributed by atoms with Crippen LogP contribution in [0.25, 0.3) is 11.2 Å². The van der Waals surface area contributed by atoms with E-state index in [-0.39, 0.29) is 17.8 Å². The molecule has 0 atom stereocenters. The third kappa shape index (κ3) is 3.69. The van der Waals surface area contributed by atoms with Gasteiger partial charge < -0.3 is 15.7 Å². The number of fused-ring (bicyclic) bond motifs is 1. The fourth-order valence-corrected chi connectivity index (χ4v) is 4.16. The van der Waals surface area contributed by atoms with Gasteiger partial charge in [0.15, 0.2) is 5.65 Å². The van der Waals surface area contributed by atoms with Gasteiger partial charge in [-0.2, -0.15) is 4.98 Å². The van der Waals surface area contributed by atoms with Crippen molar-refractivity contribution in [2.75, 3.05) is 10.6 Å². The van der Waals surface area contributed by atoms with Crippen molar-refractivity contribution in [3.63, 3.8) is 0 Å². The number of benzene rings is 1. The first kappa shape index (κ1) is 19.2. The number of rotatable bonds is 5. The molecule has 30 heavy (non-hydrogen) atoms. The van der Waals surface area contributed by atoms with Crippen LogP contribution in [0.2, 0.25) is 0 Å². The normalized spacial score (nSPS) is 22.1. The molecule has 0 bridgehead atoms. The fourth-order valence-electron chi connectivity index (χ4n) is 4.16. The lowest BCUT2D eigenvalue weighted by Crippen LogP contribution is -2.28. The highest BCUT2D eigenvalue weighted by Crippen LogP contribution is 2.35. The summed E-state index contributed by atoms with van der Waals surface area (Å²) in [5.74, 6) is -0.327. The Bertz CT molecular complexity index is 1060. The molecule has 0 radical (unpaired) electrons. The maximum Gasteiger partial charge on any atom is 0.224 e. The first-order valence-electron chi connectivity index (χ1n) is 10.5. The number of hydrogen-bond donors (Lipinski definition) is 3. The van der Waals surface area contributed by atoms with Crippen LogP contribution in [-0.2, 0) is 0 Å². The molecular weight excluding hydrogens is 390 g/mol. The molecule has 0 amide bonds. The topological polar surface area (TPSA) is 87.9 Å². The van der Waals surface area contributed by atoms with Gasteiger partial charge in [-0.1, -0.05) is 0 Å². The van der Waals surface area contributed by atoms with E-state index < -0.39 is 11.6 Å². The predicted octanol–water partition coefficient (Wildman–Crippen LogP) is 4.29. The number of aliphatic hydroxyl groups excluding tert-OH is 1. The molecule has 0 unspecified atom stereocenters. The summed E-state index contributed by atoms with van der Waals surface area (Å²) in [6.07, 6.45) is 7.71. The SMILES string of the molecule is OC1CCC(n2c(Nc3ccc(F)cc3F)nc3cnc(NC4CCC4)nc32)CC1. The highest BCUT2D eigenvalue weighted by atomic mass is 19.1. The Hall–Kier alpha value is -2.81. The molecule has 158 valence electrons. The molecule has 9 heteroatoms. The highest BCUT2D eigenvalue weighted by Gasteiger charge is 2.27. The van der Waals surface area contributed by atoms with Gasteiger partial charge in [0.25, 0.3) is 0 Å². The van der Waals surface area contributed by atoms with E-state index in [0.29, 0.717) is 41.9 Å². The van der Waals surface area contributed by atoms with E-state index in [1.54, 1.807) is 6.20 Å². The average molecular weight is 414 g/mol. The van der Waals surface area contributed by atoms with Crippen molar-refractivity contribution in [3.8, 4) is 0 Å². The summed E-state index contributed by atoms with van der Waals surface area (Å²) >= 11 is 0. The highest BCUT2D eigenvalue weighted by molar-refractivity contribution is 5.76. The molecule has 2 aliphatic carbocycles. The Balaban J connectivity index is 1.54. The van der Waals surface area contributed by atoms with Gasteiger partial charge in [0.05, 0.1) is 18.0 Å². The molecule has 2 heterocycles. The quantitative estimate of drug-likeness (QED) is 0.577. The van der Waals surface area contributed by atoms with Crippen LogP contribution in [0, 0.1) is 11.6 Å². The Labute approximate surface area is 172 Å². The Kier molecular flexibility index (Phi) is 4.98. The molecule has 2 saturated carbocycles. The van der Waals surface area contributed by atoms with Gasteiger partial charge in [-0.3, -0.25) is 4.57 Å². The summed E-state index contributed by atoms with van der Waals surface area (Å²) in [6.45, 7) is 0. The first-order chi connectivity index (χ1) is 14.6. The molecule has 2 aliphatic rings. The largest absolute Gasteiger partial charge is 0.393 e. The molecule has 0 aliphatic heterocycles. The number of nitrogens with one attached hydrogen (secondary N) is 2. The zero-order valence-corrected chi connectivity index (χ0v) is 16.5. The van der Waals surface area contributed by atoms with Gasteiger partial charge in [-0.15, -0.1) is 0 Å². The molecular formula is C21H24F2N6O. The number of imidazole rings is 1. The number of halogens is 2. The summed E-state index contributed by atoms with van der Waals surface area (Å²) < 4.78 is 29.5. The minimum Gasteiger partial charge on any atom is -0.393 e. The van der Waals surface area contributed by atoms with Gasteiger partial charge in [-0.25, -0.2) is 18.7 Å². The molecule has 1 aromatic carbocycles. The molecule has 5 rings (SSSR count). The van der Waals surface area contributed by atoms with Crippen molar-refractivity contribution in [3.05, 3.63) is 36.0 Å². The van der Waals surface area contributed by atoms with Gasteiger partial charge >= 0.3 is 0 Å². The third-order valence-corrected chi connectivity index (χ3v) is 6.08. The molecule has 2 aromatic heterocycles. The molecule has 7 nitrogen and oxygen atoms in total. The smallest absolute Gasteiger partial charge is 0.224 e. The maximum atomic E-state index is 14.3. The predicted molar refractivity (Wildman–Crippen MR) is 110 cm³/mol. The second-order valence-corrected chi connectivity index (χ2v) is 8.19. The first-order valence-corrected chi connectivity index (χ1v) is 10.5. The summed E-state index contributed by atoms with van der Waals surface area (Å²) in [7, 11) is 0. The third-order valence-electron chi connectivity index (χ3n) is 6.08. The monoisotopic (exact) mass is 414 g/mol. The van der Waals surface area contributed by atoms with Crippen molar-refractivity contribution in [1.82, 2.24) is 19.5 Å².